The standard InChI is InChI=1S/C57H63N/c1-55(2,3)42-33-41(34-43(36-42)56(4,5)6)48-32-31-47(49-21-12-13-22-50(48)49)39-25-27-44(28-26-39)58(45-20-16-19-40(35-45)38-17-10-9-11-18-38)46-29-30-52-51-23-14-15-24-53(51)57(7,8)54(52)37-46/h14-16,19-20,23-38H,9-13,17-18,21-22H2,1-8H3. The topological polar surface area (TPSA) is 3.24 Å². The lowest BCUT2D eigenvalue weighted by Crippen LogP contribution is -2.17. The lowest BCUT2D eigenvalue weighted by molar-refractivity contribution is 0.443. The molecule has 296 valence electrons. The summed E-state index contributed by atoms with van der Waals surface area (Å²) in [7, 11) is 0. The molecular weight excluding hydrogens is 699 g/mol. The predicted octanol–water partition coefficient (Wildman–Crippen LogP) is 16.3. The van der Waals surface area contributed by atoms with Gasteiger partial charge in [-0.15, -0.1) is 0 Å². The lowest BCUT2D eigenvalue weighted by atomic mass is 9.77. The molecule has 0 amide bonds. The van der Waals surface area contributed by atoms with E-state index in [9.17, 15) is 0 Å². The molecule has 0 spiro atoms. The first kappa shape index (κ1) is 38.6. The van der Waals surface area contributed by atoms with Crippen molar-refractivity contribution < 1.29 is 0 Å². The van der Waals surface area contributed by atoms with E-state index in [1.807, 2.05) is 0 Å². The fraction of sp³-hybridized carbons (Fsp3) is 0.368. The van der Waals surface area contributed by atoms with Crippen LogP contribution in [0.3, 0.4) is 0 Å². The van der Waals surface area contributed by atoms with Gasteiger partial charge in [-0.3, -0.25) is 0 Å². The molecule has 0 N–H and O–H groups in total. The summed E-state index contributed by atoms with van der Waals surface area (Å²) in [6.07, 6.45) is 11.4. The van der Waals surface area contributed by atoms with Gasteiger partial charge in [0.15, 0.2) is 0 Å². The van der Waals surface area contributed by atoms with Crippen molar-refractivity contribution in [3.8, 4) is 33.4 Å². The van der Waals surface area contributed by atoms with Crippen LogP contribution < -0.4 is 4.90 Å². The third-order valence-electron chi connectivity index (χ3n) is 14.0. The van der Waals surface area contributed by atoms with Gasteiger partial charge in [0.1, 0.15) is 0 Å². The van der Waals surface area contributed by atoms with Crippen LogP contribution in [0.4, 0.5) is 17.1 Å². The Morgan fingerprint density at radius 3 is 1.69 bits per heavy atom. The number of anilines is 3. The van der Waals surface area contributed by atoms with Crippen LogP contribution in [-0.2, 0) is 29.1 Å². The molecule has 0 unspecified atom stereocenters. The van der Waals surface area contributed by atoms with E-state index in [0.717, 1.165) is 12.8 Å². The number of nitrogens with zero attached hydrogens (tertiary/aromatic N) is 1. The highest BCUT2D eigenvalue weighted by atomic mass is 15.1. The number of hydrogen-bond donors (Lipinski definition) is 0. The predicted molar refractivity (Wildman–Crippen MR) is 249 cm³/mol. The van der Waals surface area contributed by atoms with E-state index in [1.54, 1.807) is 11.1 Å². The second-order valence-electron chi connectivity index (χ2n) is 20.3. The van der Waals surface area contributed by atoms with Crippen molar-refractivity contribution in [1.82, 2.24) is 0 Å². The minimum absolute atomic E-state index is 0.0605. The van der Waals surface area contributed by atoms with E-state index < -0.39 is 0 Å². The second-order valence-corrected chi connectivity index (χ2v) is 20.3. The molecule has 1 nitrogen and oxygen atoms in total. The van der Waals surface area contributed by atoms with E-state index in [-0.39, 0.29) is 16.2 Å². The molecule has 0 saturated heterocycles. The number of benzene rings is 6. The minimum Gasteiger partial charge on any atom is -0.310 e. The maximum Gasteiger partial charge on any atom is 0.0465 e. The quantitative estimate of drug-likeness (QED) is 0.163. The Labute approximate surface area is 349 Å². The van der Waals surface area contributed by atoms with Gasteiger partial charge in [-0.05, 0) is 164 Å². The number of rotatable bonds is 6. The SMILES string of the molecule is CC(C)(C)c1cc(-c2ccc(-c3ccc(N(c4cccc(C5CCCCC5)c4)c4ccc5c(c4)C(C)(C)c4ccccc4-5)cc3)c3c2CCCC3)cc(C(C)(C)C)c1. The van der Waals surface area contributed by atoms with Crippen molar-refractivity contribution in [1.29, 1.82) is 0 Å². The smallest absolute Gasteiger partial charge is 0.0465 e. The fourth-order valence-corrected chi connectivity index (χ4v) is 10.5. The van der Waals surface area contributed by atoms with Gasteiger partial charge in [-0.2, -0.15) is 0 Å². The summed E-state index contributed by atoms with van der Waals surface area (Å²) < 4.78 is 0. The van der Waals surface area contributed by atoms with Gasteiger partial charge in [0.2, 0.25) is 0 Å². The highest BCUT2D eigenvalue weighted by Gasteiger charge is 2.36. The molecule has 0 heterocycles. The molecule has 0 radical (unpaired) electrons. The molecule has 9 rings (SSSR count). The van der Waals surface area contributed by atoms with E-state index in [2.05, 4.69) is 182 Å². The Balaban J connectivity index is 1.13. The second kappa shape index (κ2) is 14.7. The maximum absolute atomic E-state index is 2.52. The summed E-state index contributed by atoms with van der Waals surface area (Å²) in [5, 5.41) is 0. The summed E-state index contributed by atoms with van der Waals surface area (Å²) in [6.45, 7) is 18.9. The zero-order chi connectivity index (χ0) is 40.4. The molecule has 6 aromatic rings. The molecule has 1 saturated carbocycles. The van der Waals surface area contributed by atoms with Crippen molar-refractivity contribution in [3.63, 3.8) is 0 Å². The molecule has 58 heavy (non-hydrogen) atoms. The van der Waals surface area contributed by atoms with Crippen LogP contribution in [0.2, 0.25) is 0 Å². The summed E-state index contributed by atoms with van der Waals surface area (Å²) in [5.74, 6) is 0.650. The first-order valence-electron chi connectivity index (χ1n) is 22.3. The molecule has 0 aromatic heterocycles. The highest BCUT2D eigenvalue weighted by Crippen LogP contribution is 2.51. The lowest BCUT2D eigenvalue weighted by Gasteiger charge is -2.30. The van der Waals surface area contributed by atoms with Crippen LogP contribution in [0.1, 0.15) is 145 Å². The minimum atomic E-state index is -0.0605. The number of hydrogen-bond acceptors (Lipinski definition) is 1. The maximum atomic E-state index is 2.52. The largest absolute Gasteiger partial charge is 0.310 e. The molecule has 0 atom stereocenters. The van der Waals surface area contributed by atoms with E-state index in [0.29, 0.717) is 5.92 Å². The zero-order valence-corrected chi connectivity index (χ0v) is 36.4. The first-order valence-corrected chi connectivity index (χ1v) is 22.3. The normalized spacial score (nSPS) is 16.4. The fourth-order valence-electron chi connectivity index (χ4n) is 10.5. The van der Waals surface area contributed by atoms with Crippen LogP contribution >= 0.6 is 0 Å². The van der Waals surface area contributed by atoms with Crippen molar-refractivity contribution in [2.75, 3.05) is 4.90 Å². The summed E-state index contributed by atoms with van der Waals surface area (Å²) in [5.41, 5.74) is 22.3. The van der Waals surface area contributed by atoms with Gasteiger partial charge >= 0.3 is 0 Å². The van der Waals surface area contributed by atoms with Crippen LogP contribution in [-0.4, -0.2) is 0 Å². The highest BCUT2D eigenvalue weighted by molar-refractivity contribution is 5.86. The van der Waals surface area contributed by atoms with Gasteiger partial charge in [0.05, 0.1) is 0 Å². The van der Waals surface area contributed by atoms with Gasteiger partial charge in [0.25, 0.3) is 0 Å². The van der Waals surface area contributed by atoms with Crippen molar-refractivity contribution in [2.24, 2.45) is 0 Å². The molecular formula is C57H63N. The van der Waals surface area contributed by atoms with E-state index >= 15 is 0 Å². The molecule has 0 bridgehead atoms. The zero-order valence-electron chi connectivity index (χ0n) is 36.4. The van der Waals surface area contributed by atoms with Gasteiger partial charge in [-0.1, -0.05) is 160 Å². The molecule has 3 aliphatic carbocycles. The Morgan fingerprint density at radius 1 is 0.466 bits per heavy atom. The number of fused-ring (bicyclic) bond motifs is 4. The monoisotopic (exact) mass is 761 g/mol. The van der Waals surface area contributed by atoms with Crippen molar-refractivity contribution >= 4 is 17.1 Å². The summed E-state index contributed by atoms with van der Waals surface area (Å²) >= 11 is 0. The summed E-state index contributed by atoms with van der Waals surface area (Å²) in [4.78, 5) is 2.52. The third-order valence-corrected chi connectivity index (χ3v) is 14.0. The van der Waals surface area contributed by atoms with E-state index in [1.165, 1.54) is 123 Å². The van der Waals surface area contributed by atoms with Crippen LogP contribution in [0, 0.1) is 0 Å². The van der Waals surface area contributed by atoms with Gasteiger partial charge < -0.3 is 4.90 Å². The Hall–Kier alpha value is -4.88. The average Bonchev–Trinajstić information content (AvgIpc) is 3.46. The molecule has 3 aliphatic rings. The summed E-state index contributed by atoms with van der Waals surface area (Å²) in [6, 6.07) is 47.5. The molecule has 0 aliphatic heterocycles. The van der Waals surface area contributed by atoms with Crippen LogP contribution in [0.5, 0.6) is 0 Å². The van der Waals surface area contributed by atoms with Crippen molar-refractivity contribution in [2.45, 2.75) is 135 Å². The average molecular weight is 762 g/mol. The Bertz CT molecular complexity index is 2440. The molecule has 1 fully saturated rings. The van der Waals surface area contributed by atoms with E-state index in [4.69, 9.17) is 0 Å². The Kier molecular flexibility index (Phi) is 9.82. The van der Waals surface area contributed by atoms with Gasteiger partial charge in [0, 0.05) is 22.5 Å². The molecule has 1 heteroatoms. The third kappa shape index (κ3) is 7.03. The van der Waals surface area contributed by atoms with Crippen molar-refractivity contribution in [3.05, 3.63) is 160 Å². The van der Waals surface area contributed by atoms with Crippen LogP contribution in [0.15, 0.2) is 121 Å². The Morgan fingerprint density at radius 2 is 1.03 bits per heavy atom. The van der Waals surface area contributed by atoms with Crippen LogP contribution in [0.25, 0.3) is 33.4 Å². The molecule has 6 aromatic carbocycles. The van der Waals surface area contributed by atoms with Gasteiger partial charge in [-0.25, -0.2) is 0 Å². The first-order chi connectivity index (χ1) is 27.8.